The molecule has 1 aliphatic heterocycles. The molecule has 8 nitrogen and oxygen atoms in total. The van der Waals surface area contributed by atoms with Crippen LogP contribution >= 0.6 is 12.4 Å². The van der Waals surface area contributed by atoms with Crippen LogP contribution in [-0.2, 0) is 10.0 Å². The van der Waals surface area contributed by atoms with Crippen LogP contribution in [0.15, 0.2) is 23.1 Å². The highest BCUT2D eigenvalue weighted by molar-refractivity contribution is 7.89. The Balaban J connectivity index is 0.00000242. The third kappa shape index (κ3) is 3.49. The Labute approximate surface area is 135 Å². The molecule has 1 aromatic carbocycles. The van der Waals surface area contributed by atoms with Gasteiger partial charge in [-0.3, -0.25) is 10.1 Å². The summed E-state index contributed by atoms with van der Waals surface area (Å²) in [7, 11) is -2.43. The summed E-state index contributed by atoms with van der Waals surface area (Å²) in [5, 5.41) is 14.0. The molecular formula is C12H18ClN3O5S. The van der Waals surface area contributed by atoms with E-state index < -0.39 is 14.9 Å². The first kappa shape index (κ1) is 18.6. The molecule has 1 N–H and O–H groups in total. The lowest BCUT2D eigenvalue weighted by Gasteiger charge is -2.32. The standard InChI is InChI=1S/C12H17N3O5S.ClH/c1-9-8-13-5-6-14(9)21(18,19)10-3-4-11(15(16)17)12(7-10)20-2;/h3-4,7,9,13H,5-6,8H2,1-2H3;1H. The van der Waals surface area contributed by atoms with E-state index in [-0.39, 0.29) is 34.8 Å². The molecule has 0 aromatic heterocycles. The highest BCUT2D eigenvalue weighted by atomic mass is 35.5. The molecule has 1 saturated heterocycles. The Morgan fingerprint density at radius 1 is 1.45 bits per heavy atom. The van der Waals surface area contributed by atoms with Gasteiger partial charge in [0.15, 0.2) is 5.75 Å². The largest absolute Gasteiger partial charge is 0.490 e. The number of methoxy groups -OCH3 is 1. The lowest BCUT2D eigenvalue weighted by molar-refractivity contribution is -0.385. The topological polar surface area (TPSA) is 102 Å². The van der Waals surface area contributed by atoms with E-state index in [1.165, 1.54) is 23.5 Å². The molecule has 0 bridgehead atoms. The molecule has 0 aliphatic carbocycles. The van der Waals surface area contributed by atoms with Crippen molar-refractivity contribution >= 4 is 28.1 Å². The summed E-state index contributed by atoms with van der Waals surface area (Å²) in [5.41, 5.74) is -0.259. The van der Waals surface area contributed by atoms with Gasteiger partial charge in [0.25, 0.3) is 0 Å². The van der Waals surface area contributed by atoms with Crippen molar-refractivity contribution in [3.8, 4) is 5.75 Å². The second-order valence-electron chi connectivity index (χ2n) is 4.76. The second kappa shape index (κ2) is 7.23. The number of nitro groups is 1. The molecule has 1 aromatic rings. The van der Waals surface area contributed by atoms with E-state index in [2.05, 4.69) is 5.32 Å². The number of halogens is 1. The van der Waals surface area contributed by atoms with Gasteiger partial charge in [0, 0.05) is 37.8 Å². The van der Waals surface area contributed by atoms with Crippen molar-refractivity contribution in [2.24, 2.45) is 0 Å². The Morgan fingerprint density at radius 3 is 2.68 bits per heavy atom. The first-order valence-electron chi connectivity index (χ1n) is 6.43. The minimum absolute atomic E-state index is 0. The number of benzene rings is 1. The fourth-order valence-electron chi connectivity index (χ4n) is 2.28. The minimum atomic E-state index is -3.70. The Morgan fingerprint density at radius 2 is 2.14 bits per heavy atom. The maximum atomic E-state index is 12.6. The van der Waals surface area contributed by atoms with E-state index in [1.54, 1.807) is 0 Å². The van der Waals surface area contributed by atoms with Crippen LogP contribution in [0, 0.1) is 10.1 Å². The second-order valence-corrected chi connectivity index (χ2v) is 6.65. The van der Waals surface area contributed by atoms with Crippen LogP contribution in [0.4, 0.5) is 5.69 Å². The average molecular weight is 352 g/mol. The zero-order valence-corrected chi connectivity index (χ0v) is 13.8. The van der Waals surface area contributed by atoms with Crippen molar-refractivity contribution in [2.45, 2.75) is 17.9 Å². The van der Waals surface area contributed by atoms with Crippen LogP contribution in [0.2, 0.25) is 0 Å². The number of sulfonamides is 1. The Hall–Kier alpha value is -1.42. The summed E-state index contributed by atoms with van der Waals surface area (Å²) in [6.45, 7) is 3.33. The number of nitro benzene ring substituents is 1. The Bertz CT molecular complexity index is 652. The molecule has 0 spiro atoms. The van der Waals surface area contributed by atoms with E-state index in [0.29, 0.717) is 19.6 Å². The van der Waals surface area contributed by atoms with Crippen LogP contribution in [0.25, 0.3) is 0 Å². The SMILES string of the molecule is COc1cc(S(=O)(=O)N2CCNCC2C)ccc1[N+](=O)[O-].Cl. The quantitative estimate of drug-likeness (QED) is 0.641. The van der Waals surface area contributed by atoms with Crippen LogP contribution in [0.3, 0.4) is 0 Å². The number of rotatable bonds is 4. The maximum absolute atomic E-state index is 12.6. The summed E-state index contributed by atoms with van der Waals surface area (Å²) in [6.07, 6.45) is 0. The first-order chi connectivity index (χ1) is 9.87. The van der Waals surface area contributed by atoms with Gasteiger partial charge in [0.1, 0.15) is 0 Å². The van der Waals surface area contributed by atoms with Gasteiger partial charge >= 0.3 is 5.69 Å². The molecule has 1 aliphatic rings. The zero-order valence-electron chi connectivity index (χ0n) is 12.2. The third-order valence-corrected chi connectivity index (χ3v) is 5.40. The van der Waals surface area contributed by atoms with Gasteiger partial charge in [-0.05, 0) is 13.0 Å². The highest BCUT2D eigenvalue weighted by Gasteiger charge is 2.32. The molecule has 1 unspecified atom stereocenters. The van der Waals surface area contributed by atoms with Crippen LogP contribution in [0.5, 0.6) is 5.75 Å². The van der Waals surface area contributed by atoms with Gasteiger partial charge in [-0.25, -0.2) is 8.42 Å². The molecule has 1 atom stereocenters. The monoisotopic (exact) mass is 351 g/mol. The molecule has 0 amide bonds. The molecule has 10 heteroatoms. The van der Waals surface area contributed by atoms with Crippen molar-refractivity contribution in [3.63, 3.8) is 0 Å². The number of hydrogen-bond donors (Lipinski definition) is 1. The molecule has 22 heavy (non-hydrogen) atoms. The van der Waals surface area contributed by atoms with Crippen LogP contribution in [0.1, 0.15) is 6.92 Å². The van der Waals surface area contributed by atoms with E-state index in [0.717, 1.165) is 6.07 Å². The third-order valence-electron chi connectivity index (χ3n) is 3.39. The predicted molar refractivity (Wildman–Crippen MR) is 83.1 cm³/mol. The number of ether oxygens (including phenoxy) is 1. The molecule has 1 heterocycles. The smallest absolute Gasteiger partial charge is 0.310 e. The van der Waals surface area contributed by atoms with Crippen molar-refractivity contribution in [1.82, 2.24) is 9.62 Å². The van der Waals surface area contributed by atoms with Crippen LogP contribution < -0.4 is 10.1 Å². The van der Waals surface area contributed by atoms with E-state index in [9.17, 15) is 18.5 Å². The lowest BCUT2D eigenvalue weighted by Crippen LogP contribution is -2.52. The normalized spacial score (nSPS) is 19.3. The average Bonchev–Trinajstić information content (AvgIpc) is 2.46. The first-order valence-corrected chi connectivity index (χ1v) is 7.87. The number of nitrogens with one attached hydrogen (secondary N) is 1. The van der Waals surface area contributed by atoms with Gasteiger partial charge in [-0.15, -0.1) is 12.4 Å². The van der Waals surface area contributed by atoms with Gasteiger partial charge < -0.3 is 10.1 Å². The predicted octanol–water partition coefficient (Wildman–Crippen LogP) is 1.01. The molecule has 124 valence electrons. The summed E-state index contributed by atoms with van der Waals surface area (Å²) in [4.78, 5) is 10.2. The molecule has 0 radical (unpaired) electrons. The van der Waals surface area contributed by atoms with E-state index in [1.807, 2.05) is 6.92 Å². The summed E-state index contributed by atoms with van der Waals surface area (Å²) < 4.78 is 31.6. The van der Waals surface area contributed by atoms with Gasteiger partial charge in [-0.1, -0.05) is 0 Å². The van der Waals surface area contributed by atoms with Crippen molar-refractivity contribution in [2.75, 3.05) is 26.7 Å². The minimum Gasteiger partial charge on any atom is -0.490 e. The van der Waals surface area contributed by atoms with Crippen LogP contribution in [-0.4, -0.2) is 50.4 Å². The number of piperazine rings is 1. The van der Waals surface area contributed by atoms with Crippen molar-refractivity contribution < 1.29 is 18.1 Å². The zero-order chi connectivity index (χ0) is 15.6. The Kier molecular flexibility index (Phi) is 6.12. The fourth-order valence-corrected chi connectivity index (χ4v) is 3.93. The number of nitrogens with zero attached hydrogens (tertiary/aromatic N) is 2. The molecule has 1 fully saturated rings. The number of hydrogen-bond acceptors (Lipinski definition) is 6. The highest BCUT2D eigenvalue weighted by Crippen LogP contribution is 2.31. The van der Waals surface area contributed by atoms with E-state index >= 15 is 0 Å². The van der Waals surface area contributed by atoms with Gasteiger partial charge in [0.2, 0.25) is 10.0 Å². The summed E-state index contributed by atoms with van der Waals surface area (Å²) in [6, 6.07) is 3.41. The van der Waals surface area contributed by atoms with Gasteiger partial charge in [0.05, 0.1) is 16.9 Å². The molecule has 2 rings (SSSR count). The lowest BCUT2D eigenvalue weighted by atomic mass is 10.3. The molecule has 0 saturated carbocycles. The maximum Gasteiger partial charge on any atom is 0.310 e. The molecular weight excluding hydrogens is 334 g/mol. The van der Waals surface area contributed by atoms with E-state index in [4.69, 9.17) is 4.74 Å². The van der Waals surface area contributed by atoms with Crippen molar-refractivity contribution in [1.29, 1.82) is 0 Å². The summed E-state index contributed by atoms with van der Waals surface area (Å²) >= 11 is 0. The summed E-state index contributed by atoms with van der Waals surface area (Å²) in [5.74, 6) is -0.0659. The van der Waals surface area contributed by atoms with Gasteiger partial charge in [-0.2, -0.15) is 4.31 Å². The fraction of sp³-hybridized carbons (Fsp3) is 0.500. The van der Waals surface area contributed by atoms with Crippen molar-refractivity contribution in [3.05, 3.63) is 28.3 Å².